The molecule has 0 spiro atoms. The van der Waals surface area contributed by atoms with E-state index in [1.165, 1.54) is 45.2 Å². The SMILES string of the molecule is CCNC(=NCC(C)(C)N1CCCCC1)NCC(C1CC1)N(C)C.I. The first-order valence-electron chi connectivity index (χ1n) is 9.87. The molecule has 1 atom stereocenters. The lowest BCUT2D eigenvalue weighted by Crippen LogP contribution is -2.50. The molecule has 1 aliphatic carbocycles. The fourth-order valence-corrected chi connectivity index (χ4v) is 3.67. The van der Waals surface area contributed by atoms with Gasteiger partial charge in [0.25, 0.3) is 0 Å². The average molecular weight is 465 g/mol. The Bertz CT molecular complexity index is 399. The topological polar surface area (TPSA) is 42.9 Å². The van der Waals surface area contributed by atoms with Crippen molar-refractivity contribution in [3.8, 4) is 0 Å². The van der Waals surface area contributed by atoms with Crippen LogP contribution in [0.2, 0.25) is 0 Å². The zero-order valence-corrected chi connectivity index (χ0v) is 19.3. The van der Waals surface area contributed by atoms with Gasteiger partial charge >= 0.3 is 0 Å². The van der Waals surface area contributed by atoms with E-state index in [4.69, 9.17) is 4.99 Å². The summed E-state index contributed by atoms with van der Waals surface area (Å²) >= 11 is 0. The fraction of sp³-hybridized carbons (Fsp3) is 0.947. The molecule has 0 radical (unpaired) electrons. The maximum absolute atomic E-state index is 4.91. The Morgan fingerprint density at radius 1 is 1.16 bits per heavy atom. The Morgan fingerprint density at radius 3 is 2.32 bits per heavy atom. The van der Waals surface area contributed by atoms with Gasteiger partial charge in [0.2, 0.25) is 0 Å². The fourth-order valence-electron chi connectivity index (χ4n) is 3.67. The maximum atomic E-state index is 4.91. The van der Waals surface area contributed by atoms with Crippen molar-refractivity contribution >= 4 is 29.9 Å². The molecule has 5 nitrogen and oxygen atoms in total. The molecule has 0 aromatic heterocycles. The molecule has 2 rings (SSSR count). The largest absolute Gasteiger partial charge is 0.357 e. The van der Waals surface area contributed by atoms with E-state index in [2.05, 4.69) is 55.3 Å². The van der Waals surface area contributed by atoms with Crippen LogP contribution >= 0.6 is 24.0 Å². The van der Waals surface area contributed by atoms with Crippen LogP contribution in [0.15, 0.2) is 4.99 Å². The van der Waals surface area contributed by atoms with E-state index in [1.54, 1.807) is 0 Å². The van der Waals surface area contributed by atoms with Crippen molar-refractivity contribution in [1.29, 1.82) is 0 Å². The molecular weight excluding hydrogens is 425 g/mol. The number of aliphatic imine (C=N–C) groups is 1. The van der Waals surface area contributed by atoms with Gasteiger partial charge in [-0.25, -0.2) is 0 Å². The number of likely N-dealkylation sites (N-methyl/N-ethyl adjacent to an activating group) is 1. The van der Waals surface area contributed by atoms with Crippen LogP contribution in [0.1, 0.15) is 52.9 Å². The number of hydrogen-bond donors (Lipinski definition) is 2. The van der Waals surface area contributed by atoms with E-state index in [-0.39, 0.29) is 29.5 Å². The lowest BCUT2D eigenvalue weighted by Gasteiger charge is -2.40. The standard InChI is InChI=1S/C19H39N5.HI/c1-6-20-18(21-14-17(23(4)5)16-10-11-16)22-15-19(2,3)24-12-8-7-9-13-24;/h16-17H,6-15H2,1-5H3,(H2,20,21,22);1H. The molecule has 0 amide bonds. The van der Waals surface area contributed by atoms with Gasteiger partial charge in [-0.15, -0.1) is 24.0 Å². The van der Waals surface area contributed by atoms with E-state index in [0.29, 0.717) is 6.04 Å². The minimum Gasteiger partial charge on any atom is -0.357 e. The summed E-state index contributed by atoms with van der Waals surface area (Å²) < 4.78 is 0. The summed E-state index contributed by atoms with van der Waals surface area (Å²) in [5.74, 6) is 1.83. The number of hydrogen-bond acceptors (Lipinski definition) is 3. The van der Waals surface area contributed by atoms with E-state index in [1.807, 2.05) is 0 Å². The number of piperidine rings is 1. The van der Waals surface area contributed by atoms with Gasteiger partial charge in [-0.1, -0.05) is 6.42 Å². The molecule has 0 aromatic carbocycles. The van der Waals surface area contributed by atoms with Crippen molar-refractivity contribution in [3.63, 3.8) is 0 Å². The number of likely N-dealkylation sites (tertiary alicyclic amines) is 1. The van der Waals surface area contributed by atoms with E-state index in [0.717, 1.165) is 31.5 Å². The third kappa shape index (κ3) is 7.59. The van der Waals surface area contributed by atoms with Crippen LogP contribution < -0.4 is 10.6 Å². The number of nitrogens with one attached hydrogen (secondary N) is 2. The highest BCUT2D eigenvalue weighted by atomic mass is 127. The molecule has 6 heteroatoms. The van der Waals surface area contributed by atoms with Gasteiger partial charge in [-0.05, 0) is 79.6 Å². The minimum absolute atomic E-state index is 0. The Kier molecular flexibility index (Phi) is 10.0. The Hall–Kier alpha value is -0.0800. The van der Waals surface area contributed by atoms with E-state index >= 15 is 0 Å². The van der Waals surface area contributed by atoms with Gasteiger partial charge in [-0.2, -0.15) is 0 Å². The second-order valence-corrected chi connectivity index (χ2v) is 8.30. The van der Waals surface area contributed by atoms with Gasteiger partial charge in [0, 0.05) is 24.7 Å². The van der Waals surface area contributed by atoms with Crippen molar-refractivity contribution in [2.24, 2.45) is 10.9 Å². The third-order valence-electron chi connectivity index (χ3n) is 5.49. The van der Waals surface area contributed by atoms with Gasteiger partial charge < -0.3 is 15.5 Å². The Labute approximate surface area is 172 Å². The second kappa shape index (κ2) is 10.9. The average Bonchev–Trinajstić information content (AvgIpc) is 3.38. The normalized spacial score (nSPS) is 21.0. The minimum atomic E-state index is 0. The van der Waals surface area contributed by atoms with Crippen molar-refractivity contribution in [2.45, 2.75) is 64.5 Å². The van der Waals surface area contributed by atoms with E-state index < -0.39 is 0 Å². The van der Waals surface area contributed by atoms with Crippen molar-refractivity contribution < 1.29 is 0 Å². The van der Waals surface area contributed by atoms with Crippen LogP contribution in [0.5, 0.6) is 0 Å². The number of nitrogens with zero attached hydrogens (tertiary/aromatic N) is 3. The van der Waals surface area contributed by atoms with Crippen LogP contribution in [-0.4, -0.2) is 74.2 Å². The molecule has 0 bridgehead atoms. The van der Waals surface area contributed by atoms with Crippen molar-refractivity contribution in [2.75, 3.05) is 46.8 Å². The zero-order chi connectivity index (χ0) is 17.6. The second-order valence-electron chi connectivity index (χ2n) is 8.30. The van der Waals surface area contributed by atoms with Crippen LogP contribution in [0.25, 0.3) is 0 Å². The maximum Gasteiger partial charge on any atom is 0.191 e. The monoisotopic (exact) mass is 465 g/mol. The quantitative estimate of drug-likeness (QED) is 0.329. The molecule has 2 aliphatic rings. The molecule has 0 aromatic rings. The highest BCUT2D eigenvalue weighted by Gasteiger charge is 2.32. The molecule has 1 saturated heterocycles. The van der Waals surface area contributed by atoms with Gasteiger partial charge in [0.05, 0.1) is 6.54 Å². The smallest absolute Gasteiger partial charge is 0.191 e. The first-order valence-corrected chi connectivity index (χ1v) is 9.87. The molecule has 25 heavy (non-hydrogen) atoms. The van der Waals surface area contributed by atoms with Gasteiger partial charge in [0.1, 0.15) is 0 Å². The first kappa shape index (κ1) is 23.0. The summed E-state index contributed by atoms with van der Waals surface area (Å²) in [6, 6.07) is 0.615. The number of rotatable bonds is 8. The predicted octanol–water partition coefficient (Wildman–Crippen LogP) is 2.76. The molecule has 148 valence electrons. The summed E-state index contributed by atoms with van der Waals surface area (Å²) in [7, 11) is 4.38. The lowest BCUT2D eigenvalue weighted by molar-refractivity contribution is 0.102. The highest BCUT2D eigenvalue weighted by molar-refractivity contribution is 14.0. The first-order chi connectivity index (χ1) is 11.4. The van der Waals surface area contributed by atoms with E-state index in [9.17, 15) is 0 Å². The van der Waals surface area contributed by atoms with Gasteiger partial charge in [-0.3, -0.25) is 9.89 Å². The third-order valence-corrected chi connectivity index (χ3v) is 5.49. The molecule has 1 unspecified atom stereocenters. The number of halogens is 1. The highest BCUT2D eigenvalue weighted by Crippen LogP contribution is 2.34. The van der Waals surface area contributed by atoms with Crippen LogP contribution in [0.4, 0.5) is 0 Å². The molecule has 2 fully saturated rings. The summed E-state index contributed by atoms with van der Waals surface area (Å²) in [6.45, 7) is 12.0. The molecule has 1 heterocycles. The lowest BCUT2D eigenvalue weighted by atomic mass is 9.99. The summed E-state index contributed by atoms with van der Waals surface area (Å²) in [4.78, 5) is 9.87. The van der Waals surface area contributed by atoms with Crippen molar-refractivity contribution in [3.05, 3.63) is 0 Å². The molecule has 1 saturated carbocycles. The predicted molar refractivity (Wildman–Crippen MR) is 119 cm³/mol. The van der Waals surface area contributed by atoms with Crippen LogP contribution in [0, 0.1) is 5.92 Å². The summed E-state index contributed by atoms with van der Waals surface area (Å²) in [5, 5.41) is 6.99. The Balaban J connectivity index is 0.00000312. The van der Waals surface area contributed by atoms with Crippen LogP contribution in [0.3, 0.4) is 0 Å². The Morgan fingerprint density at radius 2 is 1.80 bits per heavy atom. The van der Waals surface area contributed by atoms with Crippen LogP contribution in [-0.2, 0) is 0 Å². The molecule has 1 aliphatic heterocycles. The summed E-state index contributed by atoms with van der Waals surface area (Å²) in [5.41, 5.74) is 0.139. The number of guanidine groups is 1. The molecular formula is C19H40IN5. The summed E-state index contributed by atoms with van der Waals surface area (Å²) in [6.07, 6.45) is 6.79. The van der Waals surface area contributed by atoms with Gasteiger partial charge in [0.15, 0.2) is 5.96 Å². The van der Waals surface area contributed by atoms with Crippen molar-refractivity contribution in [1.82, 2.24) is 20.4 Å². The zero-order valence-electron chi connectivity index (χ0n) is 17.0. The molecule has 2 N–H and O–H groups in total.